The molecule has 1 amide bonds. The third kappa shape index (κ3) is 3.99. The Hall–Kier alpha value is -2.77. The lowest BCUT2D eigenvalue weighted by atomic mass is 10.0. The number of carbonyl (C=O) groups excluding carboxylic acids is 2. The Kier molecular flexibility index (Phi) is 4.99. The van der Waals surface area contributed by atoms with Gasteiger partial charge in [0.15, 0.2) is 0 Å². The highest BCUT2D eigenvalue weighted by atomic mass is 16.6. The molecular formula is C19H25N3O5. The largest absolute Gasteiger partial charge is 0.465 e. The number of nitrogens with zero attached hydrogens (tertiary/aromatic N) is 2. The molecule has 8 nitrogen and oxygen atoms in total. The van der Waals surface area contributed by atoms with Crippen LogP contribution in [0.1, 0.15) is 50.0 Å². The lowest BCUT2D eigenvalue weighted by Crippen LogP contribution is -2.43. The molecule has 3 rings (SSSR count). The Balaban J connectivity index is 1.77. The van der Waals surface area contributed by atoms with Crippen molar-refractivity contribution in [1.29, 1.82) is 0 Å². The van der Waals surface area contributed by atoms with Gasteiger partial charge >= 0.3 is 17.8 Å². The number of aromatic nitrogens is 2. The highest BCUT2D eigenvalue weighted by Crippen LogP contribution is 2.26. The van der Waals surface area contributed by atoms with Gasteiger partial charge in [0, 0.05) is 19.1 Å². The number of rotatable bonds is 2. The molecule has 0 bridgehead atoms. The van der Waals surface area contributed by atoms with Gasteiger partial charge in [0.1, 0.15) is 5.60 Å². The number of aromatic amines is 1. The Bertz CT molecular complexity index is 914. The molecular weight excluding hydrogens is 350 g/mol. The standard InChI is InChI=1S/C19H25N3O5/c1-19(2,3)27-18(25)21-9-7-13(8-10-21)22-15-6-5-12(16(23)26-4)11-14(15)20-17(22)24/h5-6,11,13H,7-10H2,1-4H3,(H,20,24). The summed E-state index contributed by atoms with van der Waals surface area (Å²) in [6.45, 7) is 6.57. The molecule has 2 heterocycles. The van der Waals surface area contributed by atoms with Gasteiger partial charge in [0.2, 0.25) is 0 Å². The Morgan fingerprint density at radius 1 is 1.19 bits per heavy atom. The van der Waals surface area contributed by atoms with Gasteiger partial charge in [0.25, 0.3) is 0 Å². The number of esters is 1. The molecule has 0 spiro atoms. The number of carbonyl (C=O) groups is 2. The van der Waals surface area contributed by atoms with Crippen molar-refractivity contribution in [3.8, 4) is 0 Å². The maximum absolute atomic E-state index is 12.5. The van der Waals surface area contributed by atoms with E-state index in [-0.39, 0.29) is 17.8 Å². The van der Waals surface area contributed by atoms with E-state index < -0.39 is 11.6 Å². The van der Waals surface area contributed by atoms with Crippen molar-refractivity contribution >= 4 is 23.1 Å². The van der Waals surface area contributed by atoms with Crippen molar-refractivity contribution in [2.45, 2.75) is 45.3 Å². The van der Waals surface area contributed by atoms with Crippen LogP contribution in [0, 0.1) is 0 Å². The molecule has 1 saturated heterocycles. The van der Waals surface area contributed by atoms with E-state index in [1.165, 1.54) is 7.11 Å². The average Bonchev–Trinajstić information content (AvgIpc) is 2.94. The monoisotopic (exact) mass is 375 g/mol. The van der Waals surface area contributed by atoms with Crippen LogP contribution in [0.25, 0.3) is 11.0 Å². The van der Waals surface area contributed by atoms with Gasteiger partial charge in [-0.25, -0.2) is 14.4 Å². The summed E-state index contributed by atoms with van der Waals surface area (Å²) in [6.07, 6.45) is 0.991. The van der Waals surface area contributed by atoms with Gasteiger partial charge in [-0.1, -0.05) is 0 Å². The minimum atomic E-state index is -0.529. The molecule has 1 N–H and O–H groups in total. The van der Waals surface area contributed by atoms with E-state index in [0.29, 0.717) is 37.0 Å². The van der Waals surface area contributed by atoms with E-state index >= 15 is 0 Å². The van der Waals surface area contributed by atoms with Crippen LogP contribution in [0.5, 0.6) is 0 Å². The van der Waals surface area contributed by atoms with Crippen LogP contribution in [0.4, 0.5) is 4.79 Å². The number of H-pyrrole nitrogens is 1. The molecule has 8 heteroatoms. The van der Waals surface area contributed by atoms with Crippen LogP contribution < -0.4 is 5.69 Å². The fourth-order valence-corrected chi connectivity index (χ4v) is 3.37. The fourth-order valence-electron chi connectivity index (χ4n) is 3.37. The van der Waals surface area contributed by atoms with Gasteiger partial charge < -0.3 is 19.4 Å². The number of amides is 1. The molecule has 0 aliphatic carbocycles. The Morgan fingerprint density at radius 2 is 1.85 bits per heavy atom. The molecule has 1 aromatic heterocycles. The summed E-state index contributed by atoms with van der Waals surface area (Å²) in [6, 6.07) is 5.00. The van der Waals surface area contributed by atoms with E-state index in [9.17, 15) is 14.4 Å². The van der Waals surface area contributed by atoms with Crippen LogP contribution in [0.15, 0.2) is 23.0 Å². The summed E-state index contributed by atoms with van der Waals surface area (Å²) >= 11 is 0. The summed E-state index contributed by atoms with van der Waals surface area (Å²) in [4.78, 5) is 40.8. The first kappa shape index (κ1) is 19.0. The highest BCUT2D eigenvalue weighted by molar-refractivity contribution is 5.93. The molecule has 1 aliphatic heterocycles. The predicted octanol–water partition coefficient (Wildman–Crippen LogP) is 2.69. The second-order valence-electron chi connectivity index (χ2n) is 7.72. The molecule has 1 fully saturated rings. The van der Waals surface area contributed by atoms with Crippen LogP contribution in [-0.2, 0) is 9.47 Å². The van der Waals surface area contributed by atoms with E-state index in [1.54, 1.807) is 27.7 Å². The second kappa shape index (κ2) is 7.09. The molecule has 0 atom stereocenters. The molecule has 146 valence electrons. The summed E-state index contributed by atoms with van der Waals surface area (Å²) < 4.78 is 11.8. The topological polar surface area (TPSA) is 93.6 Å². The molecule has 0 radical (unpaired) electrons. The first-order valence-electron chi connectivity index (χ1n) is 9.00. The smallest absolute Gasteiger partial charge is 0.410 e. The maximum atomic E-state index is 12.5. The molecule has 1 aromatic carbocycles. The maximum Gasteiger partial charge on any atom is 0.410 e. The summed E-state index contributed by atoms with van der Waals surface area (Å²) in [5.41, 5.74) is 0.973. The zero-order valence-corrected chi connectivity index (χ0v) is 16.1. The number of ether oxygens (including phenoxy) is 2. The summed E-state index contributed by atoms with van der Waals surface area (Å²) in [5.74, 6) is -0.448. The normalized spacial score (nSPS) is 15.8. The Labute approximate surface area is 157 Å². The minimum Gasteiger partial charge on any atom is -0.465 e. The van der Waals surface area contributed by atoms with E-state index in [0.717, 1.165) is 5.52 Å². The van der Waals surface area contributed by atoms with Crippen molar-refractivity contribution in [2.24, 2.45) is 0 Å². The SMILES string of the molecule is COC(=O)c1ccc2c(c1)[nH]c(=O)n2C1CCN(C(=O)OC(C)(C)C)CC1. The first-order valence-corrected chi connectivity index (χ1v) is 9.00. The van der Waals surface area contributed by atoms with Gasteiger partial charge in [-0.2, -0.15) is 0 Å². The number of nitrogens with one attached hydrogen (secondary N) is 1. The zero-order valence-electron chi connectivity index (χ0n) is 16.1. The van der Waals surface area contributed by atoms with Crippen molar-refractivity contribution in [2.75, 3.05) is 20.2 Å². The zero-order chi connectivity index (χ0) is 19.8. The first-order chi connectivity index (χ1) is 12.7. The fraction of sp³-hybridized carbons (Fsp3) is 0.526. The van der Waals surface area contributed by atoms with Gasteiger partial charge in [0.05, 0.1) is 23.7 Å². The summed E-state index contributed by atoms with van der Waals surface area (Å²) in [7, 11) is 1.32. The molecule has 27 heavy (non-hydrogen) atoms. The van der Waals surface area contributed by atoms with Crippen LogP contribution in [0.2, 0.25) is 0 Å². The lowest BCUT2D eigenvalue weighted by Gasteiger charge is -2.33. The quantitative estimate of drug-likeness (QED) is 0.815. The predicted molar refractivity (Wildman–Crippen MR) is 100.0 cm³/mol. The second-order valence-corrected chi connectivity index (χ2v) is 7.72. The van der Waals surface area contributed by atoms with Gasteiger partial charge in [-0.15, -0.1) is 0 Å². The molecule has 2 aromatic rings. The number of imidazole rings is 1. The van der Waals surface area contributed by atoms with Crippen molar-refractivity contribution in [3.05, 3.63) is 34.2 Å². The van der Waals surface area contributed by atoms with Crippen molar-refractivity contribution < 1.29 is 19.1 Å². The van der Waals surface area contributed by atoms with Crippen LogP contribution in [-0.4, -0.2) is 52.3 Å². The molecule has 1 aliphatic rings. The number of likely N-dealkylation sites (tertiary alicyclic amines) is 1. The lowest BCUT2D eigenvalue weighted by molar-refractivity contribution is 0.0188. The van der Waals surface area contributed by atoms with Crippen LogP contribution >= 0.6 is 0 Å². The van der Waals surface area contributed by atoms with E-state index in [2.05, 4.69) is 4.98 Å². The van der Waals surface area contributed by atoms with E-state index in [4.69, 9.17) is 9.47 Å². The summed E-state index contributed by atoms with van der Waals surface area (Å²) in [5, 5.41) is 0. The number of benzene rings is 1. The highest BCUT2D eigenvalue weighted by Gasteiger charge is 2.29. The number of methoxy groups -OCH3 is 1. The minimum absolute atomic E-state index is 0.0195. The van der Waals surface area contributed by atoms with E-state index in [1.807, 2.05) is 20.8 Å². The third-order valence-corrected chi connectivity index (χ3v) is 4.62. The van der Waals surface area contributed by atoms with Crippen molar-refractivity contribution in [3.63, 3.8) is 0 Å². The van der Waals surface area contributed by atoms with Crippen molar-refractivity contribution in [1.82, 2.24) is 14.5 Å². The number of fused-ring (bicyclic) bond motifs is 1. The van der Waals surface area contributed by atoms with Gasteiger partial charge in [-0.05, 0) is 51.8 Å². The molecule has 0 unspecified atom stereocenters. The van der Waals surface area contributed by atoms with Crippen LogP contribution in [0.3, 0.4) is 0 Å². The van der Waals surface area contributed by atoms with Gasteiger partial charge in [-0.3, -0.25) is 4.57 Å². The third-order valence-electron chi connectivity index (χ3n) is 4.62. The number of hydrogen-bond donors (Lipinski definition) is 1. The molecule has 0 saturated carbocycles. The number of piperidine rings is 1. The average molecular weight is 375 g/mol. The number of hydrogen-bond acceptors (Lipinski definition) is 5. The Morgan fingerprint density at radius 3 is 2.44 bits per heavy atom.